The number of hydrogen-bond donors (Lipinski definition) is 3. The van der Waals surface area contributed by atoms with Crippen LogP contribution in [0.3, 0.4) is 0 Å². The maximum Gasteiger partial charge on any atom is 0.412 e. The van der Waals surface area contributed by atoms with Crippen molar-refractivity contribution < 1.29 is 19.1 Å². The van der Waals surface area contributed by atoms with Crippen LogP contribution in [0.4, 0.5) is 10.5 Å². The largest absolute Gasteiger partial charge is 0.496 e. The first kappa shape index (κ1) is 20.0. The molecule has 0 bridgehead atoms. The summed E-state index contributed by atoms with van der Waals surface area (Å²) in [5.74, 6) is 0.212. The minimum atomic E-state index is -0.585. The molecule has 0 spiro atoms. The van der Waals surface area contributed by atoms with Gasteiger partial charge in [0.05, 0.1) is 12.7 Å². The van der Waals surface area contributed by atoms with Crippen LogP contribution < -0.4 is 20.7 Å². The van der Waals surface area contributed by atoms with Gasteiger partial charge in [0.2, 0.25) is 0 Å². The molecule has 1 aromatic carbocycles. The maximum atomic E-state index is 12.7. The zero-order valence-electron chi connectivity index (χ0n) is 16.2. The molecule has 0 saturated carbocycles. The molecule has 1 heterocycles. The fourth-order valence-electron chi connectivity index (χ4n) is 2.82. The van der Waals surface area contributed by atoms with Crippen LogP contribution in [-0.4, -0.2) is 43.3 Å². The zero-order valence-corrected chi connectivity index (χ0v) is 16.2. The minimum Gasteiger partial charge on any atom is -0.496 e. The number of benzene rings is 1. The number of amides is 2. The smallest absolute Gasteiger partial charge is 0.412 e. The predicted octanol–water partition coefficient (Wildman–Crippen LogP) is 2.91. The van der Waals surface area contributed by atoms with Gasteiger partial charge in [-0.25, -0.2) is 4.79 Å². The molecule has 7 heteroatoms. The summed E-state index contributed by atoms with van der Waals surface area (Å²) in [5.41, 5.74) is 0.113. The second-order valence-corrected chi connectivity index (χ2v) is 7.81. The summed E-state index contributed by atoms with van der Waals surface area (Å²) in [6.07, 6.45) is 1.19. The molecule has 1 fully saturated rings. The fraction of sp³-hybridized carbons (Fsp3) is 0.579. The van der Waals surface area contributed by atoms with Crippen molar-refractivity contribution in [2.45, 2.75) is 51.7 Å². The van der Waals surface area contributed by atoms with Crippen molar-refractivity contribution in [3.8, 4) is 5.75 Å². The molecule has 0 aromatic heterocycles. The molecule has 1 aromatic rings. The standard InChI is InChI=1S/C19H29N3O4/c1-18(2,3)26-17(24)21-13-6-7-14(15(12-13)25-5)16(23)22-19(4)8-10-20-11-9-19/h6-7,12,20H,8-11H2,1-5H3,(H,21,24)(H,22,23). The van der Waals surface area contributed by atoms with Crippen molar-refractivity contribution in [2.75, 3.05) is 25.5 Å². The van der Waals surface area contributed by atoms with Gasteiger partial charge in [-0.1, -0.05) is 0 Å². The minimum absolute atomic E-state index is 0.185. The molecule has 26 heavy (non-hydrogen) atoms. The lowest BCUT2D eigenvalue weighted by Crippen LogP contribution is -2.52. The highest BCUT2D eigenvalue weighted by atomic mass is 16.6. The van der Waals surface area contributed by atoms with Gasteiger partial charge < -0.3 is 20.1 Å². The van der Waals surface area contributed by atoms with Crippen molar-refractivity contribution >= 4 is 17.7 Å². The van der Waals surface area contributed by atoms with E-state index in [-0.39, 0.29) is 11.4 Å². The highest BCUT2D eigenvalue weighted by Gasteiger charge is 2.29. The Bertz CT molecular complexity index is 661. The molecule has 7 nitrogen and oxygen atoms in total. The topological polar surface area (TPSA) is 88.7 Å². The van der Waals surface area contributed by atoms with Crippen molar-refractivity contribution in [2.24, 2.45) is 0 Å². The number of carbonyl (C=O) groups is 2. The van der Waals surface area contributed by atoms with E-state index in [1.165, 1.54) is 7.11 Å². The molecule has 2 rings (SSSR count). The quantitative estimate of drug-likeness (QED) is 0.765. The summed E-state index contributed by atoms with van der Waals surface area (Å²) in [7, 11) is 1.50. The third-order valence-corrected chi connectivity index (χ3v) is 4.21. The Morgan fingerprint density at radius 3 is 2.42 bits per heavy atom. The third kappa shape index (κ3) is 5.62. The van der Waals surface area contributed by atoms with Crippen LogP contribution in [0.1, 0.15) is 50.9 Å². The lowest BCUT2D eigenvalue weighted by Gasteiger charge is -2.35. The normalized spacial score (nSPS) is 16.5. The Morgan fingerprint density at radius 1 is 1.19 bits per heavy atom. The van der Waals surface area contributed by atoms with E-state index in [1.807, 2.05) is 0 Å². The van der Waals surface area contributed by atoms with E-state index in [4.69, 9.17) is 9.47 Å². The monoisotopic (exact) mass is 363 g/mol. The highest BCUT2D eigenvalue weighted by molar-refractivity contribution is 5.98. The molecule has 0 atom stereocenters. The molecule has 2 amide bonds. The average molecular weight is 363 g/mol. The van der Waals surface area contributed by atoms with Crippen LogP contribution in [0.2, 0.25) is 0 Å². The SMILES string of the molecule is COc1cc(NC(=O)OC(C)(C)C)ccc1C(=O)NC1(C)CCNCC1. The lowest BCUT2D eigenvalue weighted by atomic mass is 9.90. The molecule has 144 valence electrons. The molecule has 1 aliphatic heterocycles. The van der Waals surface area contributed by atoms with Crippen LogP contribution in [-0.2, 0) is 4.74 Å². The van der Waals surface area contributed by atoms with Crippen molar-refractivity contribution in [3.05, 3.63) is 23.8 Å². The summed E-state index contributed by atoms with van der Waals surface area (Å²) < 4.78 is 10.6. The third-order valence-electron chi connectivity index (χ3n) is 4.21. The summed E-state index contributed by atoms with van der Waals surface area (Å²) in [5, 5.41) is 9.04. The second kappa shape index (κ2) is 7.95. The molecular formula is C19H29N3O4. The average Bonchev–Trinajstić information content (AvgIpc) is 2.53. The van der Waals surface area contributed by atoms with Gasteiger partial charge in [-0.05, 0) is 65.8 Å². The Morgan fingerprint density at radius 2 is 1.85 bits per heavy atom. The number of carbonyl (C=O) groups excluding carboxylic acids is 2. The number of nitrogens with one attached hydrogen (secondary N) is 3. The molecule has 1 saturated heterocycles. The van der Waals surface area contributed by atoms with Crippen LogP contribution >= 0.6 is 0 Å². The van der Waals surface area contributed by atoms with E-state index in [2.05, 4.69) is 22.9 Å². The first-order chi connectivity index (χ1) is 12.1. The Kier molecular flexibility index (Phi) is 6.13. The number of piperidine rings is 1. The van der Waals surface area contributed by atoms with Crippen LogP contribution in [0.25, 0.3) is 0 Å². The molecule has 3 N–H and O–H groups in total. The van der Waals surface area contributed by atoms with Crippen molar-refractivity contribution in [3.63, 3.8) is 0 Å². The molecule has 0 unspecified atom stereocenters. The van der Waals surface area contributed by atoms with Gasteiger partial charge in [0.25, 0.3) is 5.91 Å². The summed E-state index contributed by atoms with van der Waals surface area (Å²) in [4.78, 5) is 24.6. The summed E-state index contributed by atoms with van der Waals surface area (Å²) in [6.45, 7) is 9.20. The predicted molar refractivity (Wildman–Crippen MR) is 101 cm³/mol. The number of ether oxygens (including phenoxy) is 2. The zero-order chi connectivity index (χ0) is 19.4. The highest BCUT2D eigenvalue weighted by Crippen LogP contribution is 2.25. The van der Waals surface area contributed by atoms with Crippen LogP contribution in [0, 0.1) is 0 Å². The van der Waals surface area contributed by atoms with Gasteiger partial charge in [-0.15, -0.1) is 0 Å². The van der Waals surface area contributed by atoms with Gasteiger partial charge in [-0.3, -0.25) is 10.1 Å². The van der Waals surface area contributed by atoms with E-state index < -0.39 is 11.7 Å². The summed E-state index contributed by atoms with van der Waals surface area (Å²) in [6, 6.07) is 4.92. The molecule has 0 radical (unpaired) electrons. The van der Waals surface area contributed by atoms with Gasteiger partial charge in [0.15, 0.2) is 0 Å². The van der Waals surface area contributed by atoms with Gasteiger partial charge in [-0.2, -0.15) is 0 Å². The van der Waals surface area contributed by atoms with E-state index in [0.717, 1.165) is 25.9 Å². The number of hydrogen-bond acceptors (Lipinski definition) is 5. The molecule has 1 aliphatic rings. The van der Waals surface area contributed by atoms with Gasteiger partial charge in [0.1, 0.15) is 11.4 Å². The van der Waals surface area contributed by atoms with E-state index in [0.29, 0.717) is 17.0 Å². The van der Waals surface area contributed by atoms with Crippen molar-refractivity contribution in [1.82, 2.24) is 10.6 Å². The molecule has 0 aliphatic carbocycles. The van der Waals surface area contributed by atoms with Gasteiger partial charge in [0, 0.05) is 17.3 Å². The number of anilines is 1. The van der Waals surface area contributed by atoms with Gasteiger partial charge >= 0.3 is 6.09 Å². The number of methoxy groups -OCH3 is 1. The van der Waals surface area contributed by atoms with Crippen LogP contribution in [0.5, 0.6) is 5.75 Å². The second-order valence-electron chi connectivity index (χ2n) is 7.81. The van der Waals surface area contributed by atoms with E-state index in [9.17, 15) is 9.59 Å². The summed E-state index contributed by atoms with van der Waals surface area (Å²) >= 11 is 0. The Balaban J connectivity index is 2.10. The maximum absolute atomic E-state index is 12.7. The van der Waals surface area contributed by atoms with Crippen molar-refractivity contribution in [1.29, 1.82) is 0 Å². The Hall–Kier alpha value is -2.28. The lowest BCUT2D eigenvalue weighted by molar-refractivity contribution is 0.0635. The Labute approximate surface area is 154 Å². The van der Waals surface area contributed by atoms with E-state index >= 15 is 0 Å². The van der Waals surface area contributed by atoms with Crippen LogP contribution in [0.15, 0.2) is 18.2 Å². The van der Waals surface area contributed by atoms with E-state index in [1.54, 1.807) is 39.0 Å². The first-order valence-electron chi connectivity index (χ1n) is 8.83. The fourth-order valence-corrected chi connectivity index (χ4v) is 2.82. The molecular weight excluding hydrogens is 334 g/mol. The number of rotatable bonds is 4. The first-order valence-corrected chi connectivity index (χ1v) is 8.83.